The summed E-state index contributed by atoms with van der Waals surface area (Å²) in [6.45, 7) is 5.19. The van der Waals surface area contributed by atoms with Gasteiger partial charge in [0.25, 0.3) is 10.0 Å². The second-order valence-corrected chi connectivity index (χ2v) is 7.35. The molecule has 110 valence electrons. The van der Waals surface area contributed by atoms with Crippen molar-refractivity contribution in [2.24, 2.45) is 0 Å². The van der Waals surface area contributed by atoms with Crippen LogP contribution in [0.3, 0.4) is 0 Å². The Morgan fingerprint density at radius 1 is 1.53 bits per heavy atom. The first-order valence-electron chi connectivity index (χ1n) is 6.20. The third-order valence-corrected chi connectivity index (χ3v) is 6.34. The summed E-state index contributed by atoms with van der Waals surface area (Å²) in [6, 6.07) is 1.56. The lowest BCUT2D eigenvalue weighted by atomic mass is 10.3. The summed E-state index contributed by atoms with van der Waals surface area (Å²) < 4.78 is 32.0. The Balaban J connectivity index is 2.99. The van der Waals surface area contributed by atoms with Crippen LogP contribution in [-0.4, -0.2) is 46.1 Å². The Morgan fingerprint density at radius 3 is 2.74 bits per heavy atom. The monoisotopic (exact) mass is 306 g/mol. The number of hydrogen-bond acceptors (Lipinski definition) is 5. The van der Waals surface area contributed by atoms with Gasteiger partial charge in [0.1, 0.15) is 4.21 Å². The zero-order valence-corrected chi connectivity index (χ0v) is 13.5. The highest BCUT2D eigenvalue weighted by Crippen LogP contribution is 2.25. The van der Waals surface area contributed by atoms with E-state index in [1.807, 2.05) is 26.3 Å². The van der Waals surface area contributed by atoms with E-state index in [9.17, 15) is 8.42 Å². The van der Waals surface area contributed by atoms with Crippen LogP contribution >= 0.6 is 11.3 Å². The molecule has 1 atom stereocenters. The van der Waals surface area contributed by atoms with Crippen LogP contribution in [0, 0.1) is 0 Å². The molecule has 0 spiro atoms. The molecule has 1 aromatic heterocycles. The predicted molar refractivity (Wildman–Crippen MR) is 78.0 cm³/mol. The second kappa shape index (κ2) is 7.35. The maximum absolute atomic E-state index is 12.6. The van der Waals surface area contributed by atoms with E-state index < -0.39 is 10.0 Å². The van der Waals surface area contributed by atoms with Gasteiger partial charge in [0.05, 0.1) is 6.61 Å². The third kappa shape index (κ3) is 4.00. The first-order valence-corrected chi connectivity index (χ1v) is 8.52. The minimum atomic E-state index is -3.43. The van der Waals surface area contributed by atoms with Gasteiger partial charge in [-0.05, 0) is 31.0 Å². The van der Waals surface area contributed by atoms with Gasteiger partial charge in [-0.25, -0.2) is 8.42 Å². The molecular formula is C12H22N2O3S2. The van der Waals surface area contributed by atoms with E-state index in [0.717, 1.165) is 5.56 Å². The van der Waals surface area contributed by atoms with Crippen LogP contribution in [0.25, 0.3) is 0 Å². The topological polar surface area (TPSA) is 58.6 Å². The fourth-order valence-electron chi connectivity index (χ4n) is 1.94. The molecule has 0 amide bonds. The zero-order valence-electron chi connectivity index (χ0n) is 11.8. The van der Waals surface area contributed by atoms with E-state index in [1.54, 1.807) is 13.2 Å². The van der Waals surface area contributed by atoms with E-state index in [1.165, 1.54) is 15.6 Å². The summed E-state index contributed by atoms with van der Waals surface area (Å²) in [5.41, 5.74) is 0.988. The molecule has 0 bridgehead atoms. The molecule has 7 heteroatoms. The highest BCUT2D eigenvalue weighted by molar-refractivity contribution is 7.91. The Morgan fingerprint density at radius 2 is 2.21 bits per heavy atom. The molecule has 1 N–H and O–H groups in total. The minimum absolute atomic E-state index is 0.171. The highest BCUT2D eigenvalue weighted by Gasteiger charge is 2.28. The molecule has 19 heavy (non-hydrogen) atoms. The Bertz CT molecular complexity index is 485. The summed E-state index contributed by atoms with van der Waals surface area (Å²) in [5.74, 6) is 0. The number of rotatable bonds is 8. The van der Waals surface area contributed by atoms with Gasteiger partial charge >= 0.3 is 0 Å². The summed E-state index contributed by atoms with van der Waals surface area (Å²) in [4.78, 5) is 0. The SMILES string of the molecule is CCN(C(C)COC)S(=O)(=O)c1cc(CNC)cs1. The van der Waals surface area contributed by atoms with Crippen molar-refractivity contribution in [2.75, 3.05) is 27.3 Å². The van der Waals surface area contributed by atoms with Crippen LogP contribution in [0.15, 0.2) is 15.7 Å². The predicted octanol–water partition coefficient (Wildman–Crippen LogP) is 1.51. The standard InChI is InChI=1S/C12H22N2O3S2/c1-5-14(10(2)8-17-4)19(15,16)12-6-11(7-13-3)9-18-12/h6,9-10,13H,5,7-8H2,1-4H3. The van der Waals surface area contributed by atoms with Crippen molar-refractivity contribution in [1.82, 2.24) is 9.62 Å². The van der Waals surface area contributed by atoms with Crippen LogP contribution in [0.5, 0.6) is 0 Å². The van der Waals surface area contributed by atoms with Crippen molar-refractivity contribution in [3.63, 3.8) is 0 Å². The number of ether oxygens (including phenoxy) is 1. The molecule has 0 fully saturated rings. The number of hydrogen-bond donors (Lipinski definition) is 1. The first kappa shape index (κ1) is 16.6. The summed E-state index contributed by atoms with van der Waals surface area (Å²) >= 11 is 1.27. The van der Waals surface area contributed by atoms with Crippen LogP contribution in [0.1, 0.15) is 19.4 Å². The largest absolute Gasteiger partial charge is 0.383 e. The molecule has 0 aromatic carbocycles. The minimum Gasteiger partial charge on any atom is -0.383 e. The van der Waals surface area contributed by atoms with Crippen LogP contribution in [0.4, 0.5) is 0 Å². The molecule has 0 saturated heterocycles. The van der Waals surface area contributed by atoms with Crippen molar-refractivity contribution in [2.45, 2.75) is 30.6 Å². The van der Waals surface area contributed by atoms with E-state index in [0.29, 0.717) is 23.9 Å². The lowest BCUT2D eigenvalue weighted by molar-refractivity contribution is 0.143. The summed E-state index contributed by atoms with van der Waals surface area (Å²) in [5, 5.41) is 4.89. The Hall–Kier alpha value is -0.470. The van der Waals surface area contributed by atoms with E-state index in [-0.39, 0.29) is 6.04 Å². The second-order valence-electron chi connectivity index (χ2n) is 4.32. The van der Waals surface area contributed by atoms with Gasteiger partial charge < -0.3 is 10.1 Å². The van der Waals surface area contributed by atoms with Gasteiger partial charge in [0.2, 0.25) is 0 Å². The molecule has 0 aliphatic heterocycles. The molecule has 0 saturated carbocycles. The molecule has 1 aromatic rings. The molecule has 1 rings (SSSR count). The maximum Gasteiger partial charge on any atom is 0.252 e. The molecule has 0 aliphatic carbocycles. The number of likely N-dealkylation sites (N-methyl/N-ethyl adjacent to an activating group) is 1. The van der Waals surface area contributed by atoms with Crippen molar-refractivity contribution < 1.29 is 13.2 Å². The van der Waals surface area contributed by atoms with Crippen LogP contribution in [-0.2, 0) is 21.3 Å². The number of sulfonamides is 1. The van der Waals surface area contributed by atoms with E-state index >= 15 is 0 Å². The summed E-state index contributed by atoms with van der Waals surface area (Å²) in [6.07, 6.45) is 0. The van der Waals surface area contributed by atoms with E-state index in [2.05, 4.69) is 5.32 Å². The normalized spacial score (nSPS) is 13.9. The molecule has 0 radical (unpaired) electrons. The lowest BCUT2D eigenvalue weighted by Crippen LogP contribution is -2.40. The van der Waals surface area contributed by atoms with Gasteiger partial charge in [-0.3, -0.25) is 0 Å². The third-order valence-electron chi connectivity index (χ3n) is 2.78. The molecule has 1 unspecified atom stereocenters. The zero-order chi connectivity index (χ0) is 14.5. The van der Waals surface area contributed by atoms with Gasteiger partial charge in [0, 0.05) is 26.2 Å². The first-order chi connectivity index (χ1) is 8.97. The van der Waals surface area contributed by atoms with Crippen LogP contribution in [0.2, 0.25) is 0 Å². The van der Waals surface area contributed by atoms with Gasteiger partial charge in [-0.2, -0.15) is 4.31 Å². The van der Waals surface area contributed by atoms with Gasteiger partial charge in [0.15, 0.2) is 0 Å². The maximum atomic E-state index is 12.6. The van der Waals surface area contributed by atoms with Crippen LogP contribution < -0.4 is 5.32 Å². The smallest absolute Gasteiger partial charge is 0.252 e. The fraction of sp³-hybridized carbons (Fsp3) is 0.667. The number of thiophene rings is 1. The van der Waals surface area contributed by atoms with Gasteiger partial charge in [-0.1, -0.05) is 6.92 Å². The van der Waals surface area contributed by atoms with Crippen molar-refractivity contribution in [3.8, 4) is 0 Å². The van der Waals surface area contributed by atoms with Crippen molar-refractivity contribution in [3.05, 3.63) is 17.0 Å². The average Bonchev–Trinajstić information content (AvgIpc) is 2.79. The quantitative estimate of drug-likeness (QED) is 0.791. The van der Waals surface area contributed by atoms with Crippen molar-refractivity contribution in [1.29, 1.82) is 0 Å². The molecule has 0 aliphatic rings. The molecular weight excluding hydrogens is 284 g/mol. The highest BCUT2D eigenvalue weighted by atomic mass is 32.2. The Kier molecular flexibility index (Phi) is 6.41. The number of methoxy groups -OCH3 is 1. The van der Waals surface area contributed by atoms with Gasteiger partial charge in [-0.15, -0.1) is 11.3 Å². The Labute approximate surface area is 119 Å². The number of nitrogens with one attached hydrogen (secondary N) is 1. The lowest BCUT2D eigenvalue weighted by Gasteiger charge is -2.25. The molecule has 1 heterocycles. The van der Waals surface area contributed by atoms with E-state index in [4.69, 9.17) is 4.74 Å². The average molecular weight is 306 g/mol. The van der Waals surface area contributed by atoms with Crippen molar-refractivity contribution >= 4 is 21.4 Å². The molecule has 5 nitrogen and oxygen atoms in total. The number of nitrogens with zero attached hydrogens (tertiary/aromatic N) is 1. The summed E-state index contributed by atoms with van der Waals surface area (Å²) in [7, 11) is -0.0113. The fourth-order valence-corrected chi connectivity index (χ4v) is 4.91.